The molecule has 2 aromatic rings. The summed E-state index contributed by atoms with van der Waals surface area (Å²) >= 11 is 5.01. The van der Waals surface area contributed by atoms with Gasteiger partial charge in [0.25, 0.3) is 5.56 Å². The van der Waals surface area contributed by atoms with Gasteiger partial charge in [0.2, 0.25) is 0 Å². The first kappa shape index (κ1) is 11.5. The smallest absolute Gasteiger partial charge is 0.278 e. The summed E-state index contributed by atoms with van der Waals surface area (Å²) in [4.78, 5) is 12.1. The highest BCUT2D eigenvalue weighted by molar-refractivity contribution is 7.71. The Balaban J connectivity index is 2.66. The summed E-state index contributed by atoms with van der Waals surface area (Å²) in [5.74, 6) is 0. The Hall–Kier alpha value is -2.01. The van der Waals surface area contributed by atoms with Crippen LogP contribution in [0.25, 0.3) is 11.3 Å². The average Bonchev–Trinajstić information content (AvgIpc) is 2.36. The number of hydrogen-bond donors (Lipinski definition) is 1. The molecule has 17 heavy (non-hydrogen) atoms. The molecule has 0 unspecified atom stereocenters. The van der Waals surface area contributed by atoms with Gasteiger partial charge in [-0.05, 0) is 12.2 Å². The van der Waals surface area contributed by atoms with Crippen LogP contribution in [-0.2, 0) is 6.54 Å². The fourth-order valence-corrected chi connectivity index (χ4v) is 1.71. The van der Waals surface area contributed by atoms with E-state index in [-0.39, 0.29) is 5.56 Å². The number of rotatable bonds is 3. The molecule has 1 N–H and O–H groups in total. The van der Waals surface area contributed by atoms with Crippen LogP contribution in [0.15, 0.2) is 47.8 Å². The third kappa shape index (κ3) is 2.24. The van der Waals surface area contributed by atoms with E-state index in [1.807, 2.05) is 30.3 Å². The van der Waals surface area contributed by atoms with Crippen molar-refractivity contribution in [3.05, 3.63) is 58.1 Å². The van der Waals surface area contributed by atoms with E-state index in [0.717, 1.165) is 5.56 Å². The zero-order valence-corrected chi connectivity index (χ0v) is 9.91. The molecule has 0 saturated carbocycles. The van der Waals surface area contributed by atoms with Crippen molar-refractivity contribution < 1.29 is 0 Å². The van der Waals surface area contributed by atoms with Gasteiger partial charge in [0.05, 0.1) is 0 Å². The summed E-state index contributed by atoms with van der Waals surface area (Å²) in [6.45, 7) is 3.97. The van der Waals surface area contributed by atoms with Crippen molar-refractivity contribution in [3.63, 3.8) is 0 Å². The van der Waals surface area contributed by atoms with Crippen molar-refractivity contribution in [3.8, 4) is 11.3 Å². The molecule has 0 aliphatic carbocycles. The molecule has 1 aromatic carbocycles. The largest absolute Gasteiger partial charge is 0.281 e. The van der Waals surface area contributed by atoms with Gasteiger partial charge in [-0.1, -0.05) is 36.4 Å². The molecule has 0 aliphatic heterocycles. The molecular formula is C12H11N3OS. The number of nitrogens with one attached hydrogen (secondary N) is 1. The zero-order valence-electron chi connectivity index (χ0n) is 9.09. The van der Waals surface area contributed by atoms with E-state index in [1.165, 1.54) is 4.57 Å². The second-order valence-electron chi connectivity index (χ2n) is 3.45. The normalized spacial score (nSPS) is 10.1. The van der Waals surface area contributed by atoms with Crippen molar-refractivity contribution in [2.45, 2.75) is 6.54 Å². The van der Waals surface area contributed by atoms with Crippen molar-refractivity contribution in [1.29, 1.82) is 0 Å². The molecule has 5 heteroatoms. The van der Waals surface area contributed by atoms with Gasteiger partial charge in [-0.25, -0.2) is 0 Å². The molecule has 0 radical (unpaired) electrons. The first-order valence-electron chi connectivity index (χ1n) is 5.10. The van der Waals surface area contributed by atoms with Crippen molar-refractivity contribution in [2.75, 3.05) is 0 Å². The van der Waals surface area contributed by atoms with Crippen LogP contribution in [0.3, 0.4) is 0 Å². The van der Waals surface area contributed by atoms with Gasteiger partial charge >= 0.3 is 0 Å². The van der Waals surface area contributed by atoms with Crippen LogP contribution in [0.5, 0.6) is 0 Å². The molecule has 0 amide bonds. The van der Waals surface area contributed by atoms with Crippen molar-refractivity contribution in [2.24, 2.45) is 0 Å². The van der Waals surface area contributed by atoms with Crippen molar-refractivity contribution in [1.82, 2.24) is 14.8 Å². The number of aromatic amines is 1. The van der Waals surface area contributed by atoms with E-state index >= 15 is 0 Å². The van der Waals surface area contributed by atoms with Gasteiger partial charge in [-0.3, -0.25) is 14.5 Å². The monoisotopic (exact) mass is 245 g/mol. The molecule has 4 nitrogen and oxygen atoms in total. The van der Waals surface area contributed by atoms with E-state index in [0.29, 0.717) is 17.0 Å². The molecule has 0 atom stereocenters. The van der Waals surface area contributed by atoms with E-state index in [2.05, 4.69) is 16.8 Å². The van der Waals surface area contributed by atoms with Gasteiger partial charge in [0, 0.05) is 12.1 Å². The van der Waals surface area contributed by atoms with Gasteiger partial charge < -0.3 is 0 Å². The van der Waals surface area contributed by atoms with Crippen LogP contribution >= 0.6 is 12.2 Å². The standard InChI is InChI=1S/C12H11N3OS/c1-2-8-15-11(16)10(13-14-12(15)17)9-6-4-3-5-7-9/h2-7H,1,8H2,(H,14,17). The maximum absolute atomic E-state index is 12.1. The molecular weight excluding hydrogens is 234 g/mol. The Labute approximate surface area is 103 Å². The second-order valence-corrected chi connectivity index (χ2v) is 3.83. The van der Waals surface area contributed by atoms with Crippen molar-refractivity contribution >= 4 is 12.2 Å². The van der Waals surface area contributed by atoms with Crippen LogP contribution in [-0.4, -0.2) is 14.8 Å². The Bertz CT molecular complexity index is 643. The minimum absolute atomic E-state index is 0.208. The second kappa shape index (κ2) is 4.88. The highest BCUT2D eigenvalue weighted by Crippen LogP contribution is 2.10. The predicted molar refractivity (Wildman–Crippen MR) is 69.3 cm³/mol. The topological polar surface area (TPSA) is 50.7 Å². The van der Waals surface area contributed by atoms with Gasteiger partial charge in [-0.2, -0.15) is 5.10 Å². The summed E-state index contributed by atoms with van der Waals surface area (Å²) in [6.07, 6.45) is 1.62. The number of hydrogen-bond acceptors (Lipinski definition) is 3. The van der Waals surface area contributed by atoms with E-state index in [1.54, 1.807) is 6.08 Å². The highest BCUT2D eigenvalue weighted by Gasteiger charge is 2.07. The van der Waals surface area contributed by atoms with Crippen LogP contribution in [0.1, 0.15) is 0 Å². The van der Waals surface area contributed by atoms with E-state index < -0.39 is 0 Å². The van der Waals surface area contributed by atoms with Crippen LogP contribution in [0.4, 0.5) is 0 Å². The van der Waals surface area contributed by atoms with E-state index in [4.69, 9.17) is 12.2 Å². The SMILES string of the molecule is C=CCn1c(=S)[nH]nc(-c2ccccc2)c1=O. The summed E-state index contributed by atoms with van der Waals surface area (Å²) in [7, 11) is 0. The number of allylic oxidation sites excluding steroid dienone is 1. The number of aromatic nitrogens is 3. The average molecular weight is 245 g/mol. The molecule has 86 valence electrons. The van der Waals surface area contributed by atoms with Gasteiger partial charge in [0.1, 0.15) is 0 Å². The third-order valence-corrected chi connectivity index (χ3v) is 2.63. The molecule has 1 aromatic heterocycles. The summed E-state index contributed by atoms with van der Waals surface area (Å²) < 4.78 is 1.73. The fourth-order valence-electron chi connectivity index (χ4n) is 1.51. The molecule has 0 aliphatic rings. The Morgan fingerprint density at radius 3 is 2.76 bits per heavy atom. The summed E-state index contributed by atoms with van der Waals surface area (Å²) in [5.41, 5.74) is 0.919. The molecule has 0 saturated heterocycles. The molecule has 0 spiro atoms. The number of benzene rings is 1. The Morgan fingerprint density at radius 2 is 2.12 bits per heavy atom. The maximum Gasteiger partial charge on any atom is 0.281 e. The van der Waals surface area contributed by atoms with Gasteiger partial charge in [0.15, 0.2) is 10.5 Å². The first-order chi connectivity index (χ1) is 8.24. The number of nitrogens with zero attached hydrogens (tertiary/aromatic N) is 2. The first-order valence-corrected chi connectivity index (χ1v) is 5.50. The lowest BCUT2D eigenvalue weighted by Crippen LogP contribution is -2.24. The van der Waals surface area contributed by atoms with Gasteiger partial charge in [-0.15, -0.1) is 6.58 Å². The molecule has 0 bridgehead atoms. The minimum atomic E-state index is -0.208. The zero-order chi connectivity index (χ0) is 12.3. The summed E-state index contributed by atoms with van der Waals surface area (Å²) in [6, 6.07) is 9.26. The van der Waals surface area contributed by atoms with Crippen LogP contribution in [0.2, 0.25) is 0 Å². The summed E-state index contributed by atoms with van der Waals surface area (Å²) in [5, 5.41) is 6.67. The predicted octanol–water partition coefficient (Wildman–Crippen LogP) is 2.15. The van der Waals surface area contributed by atoms with Crippen LogP contribution in [0, 0.1) is 4.77 Å². The van der Waals surface area contributed by atoms with Crippen LogP contribution < -0.4 is 5.56 Å². The highest BCUT2D eigenvalue weighted by atomic mass is 32.1. The maximum atomic E-state index is 12.1. The minimum Gasteiger partial charge on any atom is -0.278 e. The number of H-pyrrole nitrogens is 1. The van der Waals surface area contributed by atoms with E-state index in [9.17, 15) is 4.79 Å². The Kier molecular flexibility index (Phi) is 3.30. The molecule has 2 rings (SSSR count). The lowest BCUT2D eigenvalue weighted by molar-refractivity contribution is 0.709. The third-order valence-electron chi connectivity index (χ3n) is 2.32. The lowest BCUT2D eigenvalue weighted by Gasteiger charge is -2.05. The molecule has 1 heterocycles. The fraction of sp³-hybridized carbons (Fsp3) is 0.0833. The molecule has 0 fully saturated rings. The Morgan fingerprint density at radius 1 is 1.41 bits per heavy atom. The lowest BCUT2D eigenvalue weighted by atomic mass is 10.2. The quantitative estimate of drug-likeness (QED) is 0.666.